The van der Waals surface area contributed by atoms with Gasteiger partial charge >= 0.3 is 0 Å². The van der Waals surface area contributed by atoms with Crippen LogP contribution in [0.2, 0.25) is 0 Å². The van der Waals surface area contributed by atoms with Gasteiger partial charge in [0, 0.05) is 19.5 Å². The Balaban J connectivity index is 1.62. The average molecular weight is 392 g/mol. The molecule has 3 rings (SSSR count). The summed E-state index contributed by atoms with van der Waals surface area (Å²) >= 11 is 1.29. The molecule has 0 spiro atoms. The summed E-state index contributed by atoms with van der Waals surface area (Å²) in [5.74, 6) is -0.482. The first-order chi connectivity index (χ1) is 13.0. The number of rotatable bonds is 5. The maximum Gasteiger partial charge on any atom is 0.296 e. The molecule has 1 atom stereocenters. The van der Waals surface area contributed by atoms with E-state index in [0.29, 0.717) is 10.9 Å². The summed E-state index contributed by atoms with van der Waals surface area (Å²) in [4.78, 5) is 41.2. The van der Waals surface area contributed by atoms with E-state index in [-0.39, 0.29) is 23.7 Å². The highest BCUT2D eigenvalue weighted by molar-refractivity contribution is 8.15. The smallest absolute Gasteiger partial charge is 0.296 e. The number of benzene rings is 1. The monoisotopic (exact) mass is 392 g/mol. The molecule has 0 aromatic heterocycles. The number of carbonyl (C=O) groups is 2. The predicted octanol–water partition coefficient (Wildman–Crippen LogP) is 2.42. The molecule has 2 amide bonds. The Morgan fingerprint density at radius 3 is 2.81 bits per heavy atom. The third-order valence-electron chi connectivity index (χ3n) is 4.40. The third kappa shape index (κ3) is 4.57. The summed E-state index contributed by atoms with van der Waals surface area (Å²) in [6.45, 7) is 1.74. The fourth-order valence-electron chi connectivity index (χ4n) is 2.99. The number of thioether (sulfide) groups is 1. The van der Waals surface area contributed by atoms with Gasteiger partial charge < -0.3 is 15.0 Å². The van der Waals surface area contributed by atoms with Gasteiger partial charge in [0.05, 0.1) is 18.1 Å². The number of hydrogen-bond acceptors (Lipinski definition) is 7. The van der Waals surface area contributed by atoms with Crippen molar-refractivity contribution >= 4 is 40.1 Å². The minimum atomic E-state index is -0.598. The number of hydrogen-bond donors (Lipinski definition) is 1. The van der Waals surface area contributed by atoms with Crippen LogP contribution in [0.25, 0.3) is 0 Å². The summed E-state index contributed by atoms with van der Waals surface area (Å²) in [6.07, 6.45) is 3.22. The summed E-state index contributed by atoms with van der Waals surface area (Å²) in [6, 6.07) is 4.17. The van der Waals surface area contributed by atoms with Crippen LogP contribution >= 0.6 is 11.8 Å². The Morgan fingerprint density at radius 2 is 2.15 bits per heavy atom. The van der Waals surface area contributed by atoms with Gasteiger partial charge in [-0.1, -0.05) is 11.8 Å². The Morgan fingerprint density at radius 1 is 1.41 bits per heavy atom. The number of piperidine rings is 1. The highest BCUT2D eigenvalue weighted by atomic mass is 32.2. The topological polar surface area (TPSA) is 114 Å². The van der Waals surface area contributed by atoms with Crippen LogP contribution in [0, 0.1) is 10.1 Å². The van der Waals surface area contributed by atoms with E-state index in [1.54, 1.807) is 0 Å². The van der Waals surface area contributed by atoms with Crippen LogP contribution in [0.4, 0.5) is 11.4 Å². The molecule has 1 saturated heterocycles. The van der Waals surface area contributed by atoms with Gasteiger partial charge in [0.1, 0.15) is 16.7 Å². The number of amidine groups is 1. The Bertz CT molecular complexity index is 792. The fraction of sp³-hybridized carbons (Fsp3) is 0.471. The molecule has 144 valence electrons. The molecule has 27 heavy (non-hydrogen) atoms. The fourth-order valence-corrected chi connectivity index (χ4v) is 4.11. The lowest BCUT2D eigenvalue weighted by Crippen LogP contribution is -2.33. The first-order valence-corrected chi connectivity index (χ1v) is 9.52. The van der Waals surface area contributed by atoms with Crippen molar-refractivity contribution in [2.24, 2.45) is 4.99 Å². The van der Waals surface area contributed by atoms with Crippen LogP contribution in [0.3, 0.4) is 0 Å². The molecule has 1 fully saturated rings. The zero-order valence-electron chi connectivity index (χ0n) is 14.8. The Kier molecular flexibility index (Phi) is 5.94. The van der Waals surface area contributed by atoms with E-state index in [0.717, 1.165) is 25.9 Å². The molecule has 1 N–H and O–H groups in total. The zero-order chi connectivity index (χ0) is 19.4. The largest absolute Gasteiger partial charge is 0.496 e. The van der Waals surface area contributed by atoms with Gasteiger partial charge in [-0.2, -0.15) is 4.99 Å². The lowest BCUT2D eigenvalue weighted by Gasteiger charge is -2.27. The molecule has 2 aliphatic rings. The molecule has 2 heterocycles. The number of aliphatic imine (C=N–C) groups is 1. The van der Waals surface area contributed by atoms with Crippen LogP contribution in [-0.4, -0.2) is 52.3 Å². The van der Waals surface area contributed by atoms with Gasteiger partial charge in [-0.05, 0) is 31.4 Å². The number of methoxy groups -OCH3 is 1. The van der Waals surface area contributed by atoms with Crippen LogP contribution in [-0.2, 0) is 9.59 Å². The number of nitrogens with one attached hydrogen (secondary N) is 1. The number of anilines is 1. The van der Waals surface area contributed by atoms with Crippen LogP contribution in [0.15, 0.2) is 23.2 Å². The standard InChI is InChI=1S/C17H20N4O5S/c1-26-11-5-6-12(13(9-11)21(24)25)18-15(22)10-14-16(23)19-17(27-14)20-7-3-2-4-8-20/h5-6,9,14H,2-4,7-8,10H2,1H3,(H,18,22). The van der Waals surface area contributed by atoms with Gasteiger partial charge in [-0.25, -0.2) is 0 Å². The van der Waals surface area contributed by atoms with Gasteiger partial charge in [0.2, 0.25) is 5.91 Å². The summed E-state index contributed by atoms with van der Waals surface area (Å²) in [7, 11) is 1.40. The number of nitrogens with zero attached hydrogens (tertiary/aromatic N) is 3. The number of carbonyl (C=O) groups excluding carboxylic acids is 2. The first kappa shape index (κ1) is 19.2. The number of likely N-dealkylation sites (tertiary alicyclic amines) is 1. The van der Waals surface area contributed by atoms with Gasteiger partial charge in [0.25, 0.3) is 11.6 Å². The Hall–Kier alpha value is -2.62. The van der Waals surface area contributed by atoms with Crippen molar-refractivity contribution in [3.63, 3.8) is 0 Å². The van der Waals surface area contributed by atoms with E-state index in [1.807, 2.05) is 0 Å². The second kappa shape index (κ2) is 8.38. The molecule has 0 aliphatic carbocycles. The van der Waals surface area contributed by atoms with Crippen LogP contribution in [0.1, 0.15) is 25.7 Å². The predicted molar refractivity (Wildman–Crippen MR) is 102 cm³/mol. The molecule has 0 saturated carbocycles. The average Bonchev–Trinajstić information content (AvgIpc) is 3.03. The lowest BCUT2D eigenvalue weighted by molar-refractivity contribution is -0.384. The first-order valence-electron chi connectivity index (χ1n) is 8.64. The van der Waals surface area contributed by atoms with Crippen LogP contribution < -0.4 is 10.1 Å². The molecule has 0 radical (unpaired) electrons. The number of amides is 2. The van der Waals surface area contributed by atoms with Crippen molar-refractivity contribution in [2.45, 2.75) is 30.9 Å². The van der Waals surface area contributed by atoms with Gasteiger partial charge in [0.15, 0.2) is 5.17 Å². The Labute approximate surface area is 160 Å². The molecule has 1 aromatic carbocycles. The second-order valence-electron chi connectivity index (χ2n) is 6.28. The highest BCUT2D eigenvalue weighted by Gasteiger charge is 2.33. The zero-order valence-corrected chi connectivity index (χ0v) is 15.7. The molecular formula is C17H20N4O5S. The lowest BCUT2D eigenvalue weighted by atomic mass is 10.1. The van der Waals surface area contributed by atoms with E-state index in [1.165, 1.54) is 43.5 Å². The van der Waals surface area contributed by atoms with Gasteiger partial charge in [-0.3, -0.25) is 19.7 Å². The van der Waals surface area contributed by atoms with E-state index < -0.39 is 16.1 Å². The summed E-state index contributed by atoms with van der Waals surface area (Å²) < 4.78 is 4.97. The highest BCUT2D eigenvalue weighted by Crippen LogP contribution is 2.31. The molecule has 1 aromatic rings. The molecule has 1 unspecified atom stereocenters. The summed E-state index contributed by atoms with van der Waals surface area (Å²) in [5, 5.41) is 13.8. The minimum absolute atomic E-state index is 0.0680. The summed E-state index contributed by atoms with van der Waals surface area (Å²) in [5.41, 5.74) is -0.197. The quantitative estimate of drug-likeness (QED) is 0.604. The van der Waals surface area contributed by atoms with E-state index >= 15 is 0 Å². The number of ether oxygens (including phenoxy) is 1. The van der Waals surface area contributed by atoms with E-state index in [2.05, 4.69) is 15.2 Å². The van der Waals surface area contributed by atoms with Crippen molar-refractivity contribution in [2.75, 3.05) is 25.5 Å². The molecule has 10 heteroatoms. The molecule has 9 nitrogen and oxygen atoms in total. The van der Waals surface area contributed by atoms with Gasteiger partial charge in [-0.15, -0.1) is 0 Å². The van der Waals surface area contributed by atoms with Crippen molar-refractivity contribution < 1.29 is 19.2 Å². The maximum atomic E-state index is 12.3. The number of nitro benzene ring substituents is 1. The molecule has 2 aliphatic heterocycles. The SMILES string of the molecule is COc1ccc(NC(=O)CC2SC(N3CCCCC3)=NC2=O)c([N+](=O)[O-])c1. The van der Waals surface area contributed by atoms with E-state index in [9.17, 15) is 19.7 Å². The minimum Gasteiger partial charge on any atom is -0.496 e. The van der Waals surface area contributed by atoms with Crippen molar-refractivity contribution in [3.8, 4) is 5.75 Å². The maximum absolute atomic E-state index is 12.3. The normalized spacial score (nSPS) is 19.6. The van der Waals surface area contributed by atoms with Crippen LogP contribution in [0.5, 0.6) is 5.75 Å². The molecular weight excluding hydrogens is 372 g/mol. The van der Waals surface area contributed by atoms with Crippen molar-refractivity contribution in [1.29, 1.82) is 0 Å². The molecule has 0 bridgehead atoms. The van der Waals surface area contributed by atoms with Crippen molar-refractivity contribution in [3.05, 3.63) is 28.3 Å². The third-order valence-corrected chi connectivity index (χ3v) is 5.62. The second-order valence-corrected chi connectivity index (χ2v) is 7.45. The number of nitro groups is 1. The van der Waals surface area contributed by atoms with E-state index in [4.69, 9.17) is 4.74 Å². The van der Waals surface area contributed by atoms with Crippen molar-refractivity contribution in [1.82, 2.24) is 4.90 Å².